The monoisotopic (exact) mass is 377 g/mol. The minimum absolute atomic E-state index is 0.0705. The Balaban J connectivity index is 1.66. The fourth-order valence-electron chi connectivity index (χ4n) is 2.64. The van der Waals surface area contributed by atoms with Crippen molar-refractivity contribution in [1.82, 2.24) is 19.9 Å². The third kappa shape index (κ3) is 4.62. The average Bonchev–Trinajstić information content (AvgIpc) is 3.19. The van der Waals surface area contributed by atoms with Gasteiger partial charge in [0.1, 0.15) is 17.8 Å². The maximum Gasteiger partial charge on any atom is 0.271 e. The molecule has 144 valence electrons. The molecular formula is C21H23N5O2. The molecule has 2 amide bonds. The predicted octanol–water partition coefficient (Wildman–Crippen LogP) is 3.42. The molecule has 2 N–H and O–H groups in total. The second kappa shape index (κ2) is 8.47. The van der Waals surface area contributed by atoms with E-state index >= 15 is 0 Å². The van der Waals surface area contributed by atoms with Crippen LogP contribution in [0.25, 0.3) is 5.82 Å². The van der Waals surface area contributed by atoms with Crippen molar-refractivity contribution in [3.05, 3.63) is 71.9 Å². The minimum atomic E-state index is -0.251. The van der Waals surface area contributed by atoms with Crippen LogP contribution in [0, 0.1) is 6.92 Å². The summed E-state index contributed by atoms with van der Waals surface area (Å²) in [4.78, 5) is 32.4. The predicted molar refractivity (Wildman–Crippen MR) is 107 cm³/mol. The Bertz CT molecular complexity index is 961. The summed E-state index contributed by atoms with van der Waals surface area (Å²) in [5.74, 6) is 0.283. The zero-order valence-corrected chi connectivity index (χ0v) is 16.1. The molecule has 0 aliphatic rings. The van der Waals surface area contributed by atoms with E-state index in [0.717, 1.165) is 5.56 Å². The molecule has 1 atom stereocenters. The summed E-state index contributed by atoms with van der Waals surface area (Å²) in [5.41, 5.74) is 3.14. The second-order valence-corrected chi connectivity index (χ2v) is 6.58. The van der Waals surface area contributed by atoms with Crippen molar-refractivity contribution in [2.75, 3.05) is 5.32 Å². The Morgan fingerprint density at radius 3 is 2.50 bits per heavy atom. The van der Waals surface area contributed by atoms with Crippen molar-refractivity contribution in [3.8, 4) is 5.82 Å². The molecule has 2 aromatic heterocycles. The van der Waals surface area contributed by atoms with Gasteiger partial charge in [-0.1, -0.05) is 36.8 Å². The quantitative estimate of drug-likeness (QED) is 0.689. The van der Waals surface area contributed by atoms with Gasteiger partial charge in [-0.25, -0.2) is 9.97 Å². The van der Waals surface area contributed by atoms with Crippen LogP contribution in [0.15, 0.2) is 55.1 Å². The van der Waals surface area contributed by atoms with E-state index in [1.54, 1.807) is 36.0 Å². The van der Waals surface area contributed by atoms with Gasteiger partial charge >= 0.3 is 0 Å². The second-order valence-electron chi connectivity index (χ2n) is 6.58. The highest BCUT2D eigenvalue weighted by molar-refractivity contribution is 5.92. The normalized spacial score (nSPS) is 11.7. The van der Waals surface area contributed by atoms with Gasteiger partial charge < -0.3 is 10.6 Å². The number of carbonyl (C=O) groups excluding carboxylic acids is 2. The number of nitrogens with one attached hydrogen (secondary N) is 2. The molecule has 0 aliphatic carbocycles. The van der Waals surface area contributed by atoms with Crippen LogP contribution in [0.1, 0.15) is 47.9 Å². The lowest BCUT2D eigenvalue weighted by Gasteiger charge is -2.13. The molecule has 0 spiro atoms. The standard InChI is InChI=1S/C21H23N5O2/c1-4-20(27)25-17-9-10-19(22-11-17)26-12-18(23-13-26)21(28)24-15(3)16-7-5-14(2)6-8-16/h5-13,15H,4H2,1-3H3,(H,24,28)(H,25,27)/t15-/m0/s1. The molecular weight excluding hydrogens is 354 g/mol. The lowest BCUT2D eigenvalue weighted by Crippen LogP contribution is -2.26. The van der Waals surface area contributed by atoms with Gasteiger partial charge in [0.25, 0.3) is 5.91 Å². The maximum absolute atomic E-state index is 12.5. The van der Waals surface area contributed by atoms with E-state index in [1.165, 1.54) is 11.9 Å². The van der Waals surface area contributed by atoms with E-state index in [-0.39, 0.29) is 17.9 Å². The molecule has 28 heavy (non-hydrogen) atoms. The van der Waals surface area contributed by atoms with E-state index in [4.69, 9.17) is 0 Å². The number of pyridine rings is 1. The van der Waals surface area contributed by atoms with Crippen LogP contribution in [-0.4, -0.2) is 26.3 Å². The van der Waals surface area contributed by atoms with Gasteiger partial charge in [-0.3, -0.25) is 14.2 Å². The topological polar surface area (TPSA) is 88.9 Å². The SMILES string of the molecule is CCC(=O)Nc1ccc(-n2cnc(C(=O)N[C@@H](C)c3ccc(C)cc3)c2)nc1. The van der Waals surface area contributed by atoms with E-state index < -0.39 is 0 Å². The number of carbonyl (C=O) groups is 2. The number of imidazole rings is 1. The first kappa shape index (κ1) is 19.3. The van der Waals surface area contributed by atoms with Gasteiger partial charge in [-0.15, -0.1) is 0 Å². The van der Waals surface area contributed by atoms with Crippen molar-refractivity contribution in [1.29, 1.82) is 0 Å². The minimum Gasteiger partial charge on any atom is -0.344 e. The molecule has 7 heteroatoms. The Morgan fingerprint density at radius 2 is 1.86 bits per heavy atom. The third-order valence-corrected chi connectivity index (χ3v) is 4.36. The van der Waals surface area contributed by atoms with Crippen LogP contribution in [-0.2, 0) is 4.79 Å². The third-order valence-electron chi connectivity index (χ3n) is 4.36. The van der Waals surface area contributed by atoms with Crippen LogP contribution in [0.5, 0.6) is 0 Å². The Labute approximate surface area is 163 Å². The van der Waals surface area contributed by atoms with E-state index in [0.29, 0.717) is 23.6 Å². The van der Waals surface area contributed by atoms with Crippen molar-refractivity contribution in [2.24, 2.45) is 0 Å². The van der Waals surface area contributed by atoms with E-state index in [2.05, 4.69) is 20.6 Å². The number of nitrogens with zero attached hydrogens (tertiary/aromatic N) is 3. The number of rotatable bonds is 6. The molecule has 0 fully saturated rings. The summed E-state index contributed by atoms with van der Waals surface area (Å²) in [6.45, 7) is 5.75. The van der Waals surface area contributed by atoms with Gasteiger partial charge in [0.15, 0.2) is 0 Å². The summed E-state index contributed by atoms with van der Waals surface area (Å²) in [6, 6.07) is 11.4. The lowest BCUT2D eigenvalue weighted by atomic mass is 10.1. The van der Waals surface area contributed by atoms with Crippen LogP contribution in [0.2, 0.25) is 0 Å². The lowest BCUT2D eigenvalue weighted by molar-refractivity contribution is -0.115. The number of amides is 2. The molecule has 1 aromatic carbocycles. The molecule has 3 aromatic rings. The molecule has 0 saturated carbocycles. The fourth-order valence-corrected chi connectivity index (χ4v) is 2.64. The smallest absolute Gasteiger partial charge is 0.271 e. The largest absolute Gasteiger partial charge is 0.344 e. The van der Waals surface area contributed by atoms with Crippen LogP contribution in [0.3, 0.4) is 0 Å². The van der Waals surface area contributed by atoms with E-state index in [9.17, 15) is 9.59 Å². The molecule has 2 heterocycles. The number of hydrogen-bond donors (Lipinski definition) is 2. The highest BCUT2D eigenvalue weighted by Gasteiger charge is 2.14. The van der Waals surface area contributed by atoms with Crippen molar-refractivity contribution < 1.29 is 9.59 Å². The zero-order chi connectivity index (χ0) is 20.1. The van der Waals surface area contributed by atoms with Crippen molar-refractivity contribution >= 4 is 17.5 Å². The first-order valence-corrected chi connectivity index (χ1v) is 9.14. The van der Waals surface area contributed by atoms with Gasteiger partial charge in [0.05, 0.1) is 17.9 Å². The molecule has 0 unspecified atom stereocenters. The summed E-state index contributed by atoms with van der Waals surface area (Å²) in [6.07, 6.45) is 5.15. The van der Waals surface area contributed by atoms with Crippen LogP contribution >= 0.6 is 0 Å². The number of aryl methyl sites for hydroxylation is 1. The molecule has 7 nitrogen and oxygen atoms in total. The molecule has 3 rings (SSSR count). The van der Waals surface area contributed by atoms with Gasteiger partial charge in [-0.2, -0.15) is 0 Å². The van der Waals surface area contributed by atoms with Crippen molar-refractivity contribution in [2.45, 2.75) is 33.2 Å². The zero-order valence-electron chi connectivity index (χ0n) is 16.1. The molecule has 0 bridgehead atoms. The molecule has 0 radical (unpaired) electrons. The summed E-state index contributed by atoms with van der Waals surface area (Å²) >= 11 is 0. The van der Waals surface area contributed by atoms with E-state index in [1.807, 2.05) is 38.1 Å². The number of anilines is 1. The Kier molecular flexibility index (Phi) is 5.84. The van der Waals surface area contributed by atoms with Gasteiger partial charge in [-0.05, 0) is 31.5 Å². The van der Waals surface area contributed by atoms with Crippen LogP contribution < -0.4 is 10.6 Å². The average molecular weight is 377 g/mol. The van der Waals surface area contributed by atoms with Gasteiger partial charge in [0, 0.05) is 12.6 Å². The first-order valence-electron chi connectivity index (χ1n) is 9.14. The Hall–Kier alpha value is -3.48. The highest BCUT2D eigenvalue weighted by Crippen LogP contribution is 2.15. The summed E-state index contributed by atoms with van der Waals surface area (Å²) in [5, 5.41) is 5.70. The number of aromatic nitrogens is 3. The summed E-state index contributed by atoms with van der Waals surface area (Å²) < 4.78 is 1.66. The Morgan fingerprint density at radius 1 is 1.11 bits per heavy atom. The molecule has 0 saturated heterocycles. The summed E-state index contributed by atoms with van der Waals surface area (Å²) in [7, 11) is 0. The first-order chi connectivity index (χ1) is 13.5. The highest BCUT2D eigenvalue weighted by atomic mass is 16.2. The molecule has 0 aliphatic heterocycles. The van der Waals surface area contributed by atoms with Crippen LogP contribution in [0.4, 0.5) is 5.69 Å². The fraction of sp³-hybridized carbons (Fsp3) is 0.238. The number of hydrogen-bond acceptors (Lipinski definition) is 4. The van der Waals surface area contributed by atoms with Gasteiger partial charge in [0.2, 0.25) is 5.91 Å². The number of benzene rings is 1. The van der Waals surface area contributed by atoms with Crippen molar-refractivity contribution in [3.63, 3.8) is 0 Å². The maximum atomic E-state index is 12.5.